The SMILES string of the molecule is CC(=O)C[N+]1=CCc2ccc(N)cc21. The van der Waals surface area contributed by atoms with E-state index in [1.807, 2.05) is 29.0 Å². The average molecular weight is 189 g/mol. The minimum Gasteiger partial charge on any atom is -0.399 e. The lowest BCUT2D eigenvalue weighted by Crippen LogP contribution is -2.12. The number of Topliss-reactive ketones (excluding diaryl/α,β-unsaturated/α-hetero) is 1. The summed E-state index contributed by atoms with van der Waals surface area (Å²) in [5.74, 6) is 0.163. The van der Waals surface area contributed by atoms with E-state index in [2.05, 4.69) is 0 Å². The zero-order valence-corrected chi connectivity index (χ0v) is 8.16. The molecule has 0 saturated carbocycles. The van der Waals surface area contributed by atoms with Crippen LogP contribution in [0.3, 0.4) is 0 Å². The highest BCUT2D eigenvalue weighted by atomic mass is 16.1. The maximum atomic E-state index is 11.0. The van der Waals surface area contributed by atoms with Gasteiger partial charge in [0.15, 0.2) is 12.0 Å². The maximum absolute atomic E-state index is 11.0. The highest BCUT2D eigenvalue weighted by Gasteiger charge is 2.22. The molecule has 0 amide bonds. The van der Waals surface area contributed by atoms with E-state index in [0.29, 0.717) is 6.54 Å². The number of rotatable bonds is 2. The molecule has 72 valence electrons. The second kappa shape index (κ2) is 3.25. The first-order chi connectivity index (χ1) is 6.66. The zero-order valence-electron chi connectivity index (χ0n) is 8.16. The predicted octanol–water partition coefficient (Wildman–Crippen LogP) is 1.13. The van der Waals surface area contributed by atoms with Crippen LogP contribution < -0.4 is 5.73 Å². The van der Waals surface area contributed by atoms with Crippen LogP contribution in [0.2, 0.25) is 0 Å². The van der Waals surface area contributed by atoms with Crippen molar-refractivity contribution in [2.45, 2.75) is 13.3 Å². The third kappa shape index (κ3) is 1.53. The van der Waals surface area contributed by atoms with Crippen molar-refractivity contribution in [3.63, 3.8) is 0 Å². The summed E-state index contributed by atoms with van der Waals surface area (Å²) < 4.78 is 1.97. The zero-order chi connectivity index (χ0) is 10.1. The molecule has 0 fully saturated rings. The standard InChI is InChI=1S/C11H13N2O/c1-8(14)7-13-5-4-9-2-3-10(12)6-11(9)13/h2-3,5-6H,4,7,12H2,1H3/q+1. The molecule has 1 heterocycles. The van der Waals surface area contributed by atoms with Crippen LogP contribution in [0.25, 0.3) is 0 Å². The monoisotopic (exact) mass is 189 g/mol. The third-order valence-corrected chi connectivity index (χ3v) is 2.34. The van der Waals surface area contributed by atoms with Gasteiger partial charge < -0.3 is 5.73 Å². The minimum absolute atomic E-state index is 0.163. The van der Waals surface area contributed by atoms with Crippen molar-refractivity contribution in [1.29, 1.82) is 0 Å². The molecule has 3 heteroatoms. The Balaban J connectivity index is 2.35. The molecule has 0 saturated heterocycles. The number of fused-ring (bicyclic) bond motifs is 1. The molecule has 2 N–H and O–H groups in total. The molecule has 0 bridgehead atoms. The second-order valence-electron chi connectivity index (χ2n) is 3.60. The maximum Gasteiger partial charge on any atom is 0.211 e. The molecule has 14 heavy (non-hydrogen) atoms. The summed E-state index contributed by atoms with van der Waals surface area (Å²) in [6.45, 7) is 2.04. The Morgan fingerprint density at radius 1 is 1.57 bits per heavy atom. The van der Waals surface area contributed by atoms with Crippen LogP contribution in [0, 0.1) is 0 Å². The van der Waals surface area contributed by atoms with Gasteiger partial charge in [0, 0.05) is 24.2 Å². The Hall–Kier alpha value is -1.64. The fraction of sp³-hybridized carbons (Fsp3) is 0.273. The van der Waals surface area contributed by atoms with Crippen molar-refractivity contribution in [2.75, 3.05) is 12.3 Å². The van der Waals surface area contributed by atoms with Gasteiger partial charge in [0.2, 0.25) is 12.2 Å². The lowest BCUT2D eigenvalue weighted by Gasteiger charge is -1.99. The Bertz CT molecular complexity index is 421. The quantitative estimate of drug-likeness (QED) is 0.560. The number of hydrogen-bond donors (Lipinski definition) is 1. The van der Waals surface area contributed by atoms with Gasteiger partial charge in [0.25, 0.3) is 0 Å². The molecular formula is C11H13N2O+. The van der Waals surface area contributed by atoms with Crippen LogP contribution in [-0.4, -0.2) is 23.1 Å². The molecule has 0 aliphatic carbocycles. The summed E-state index contributed by atoms with van der Waals surface area (Å²) in [4.78, 5) is 11.0. The number of ketones is 1. The highest BCUT2D eigenvalue weighted by Crippen LogP contribution is 2.25. The number of hydrogen-bond acceptors (Lipinski definition) is 2. The normalized spacial score (nSPS) is 13.6. The van der Waals surface area contributed by atoms with Gasteiger partial charge in [0.1, 0.15) is 0 Å². The molecule has 3 nitrogen and oxygen atoms in total. The van der Waals surface area contributed by atoms with Gasteiger partial charge in [-0.2, -0.15) is 4.58 Å². The summed E-state index contributed by atoms with van der Waals surface area (Å²) in [7, 11) is 0. The Labute approximate surface area is 82.9 Å². The van der Waals surface area contributed by atoms with Crippen molar-refractivity contribution in [3.8, 4) is 0 Å². The highest BCUT2D eigenvalue weighted by molar-refractivity contribution is 5.79. The first-order valence-corrected chi connectivity index (χ1v) is 4.64. The summed E-state index contributed by atoms with van der Waals surface area (Å²) >= 11 is 0. The van der Waals surface area contributed by atoms with Gasteiger partial charge in [-0.15, -0.1) is 0 Å². The molecule has 0 aromatic heterocycles. The van der Waals surface area contributed by atoms with E-state index in [1.165, 1.54) is 5.56 Å². The second-order valence-corrected chi connectivity index (χ2v) is 3.60. The largest absolute Gasteiger partial charge is 0.399 e. The Morgan fingerprint density at radius 3 is 3.07 bits per heavy atom. The fourth-order valence-corrected chi connectivity index (χ4v) is 1.72. The van der Waals surface area contributed by atoms with Gasteiger partial charge >= 0.3 is 0 Å². The van der Waals surface area contributed by atoms with Crippen LogP contribution in [0.15, 0.2) is 18.2 Å². The van der Waals surface area contributed by atoms with E-state index in [0.717, 1.165) is 17.8 Å². The first kappa shape index (κ1) is 8.94. The summed E-state index contributed by atoms with van der Waals surface area (Å²) in [5.41, 5.74) is 8.75. The smallest absolute Gasteiger partial charge is 0.211 e. The minimum atomic E-state index is 0.163. The summed E-state index contributed by atoms with van der Waals surface area (Å²) in [6, 6.07) is 5.83. The van der Waals surface area contributed by atoms with Crippen molar-refractivity contribution in [3.05, 3.63) is 23.8 Å². The van der Waals surface area contributed by atoms with Crippen LogP contribution in [0.5, 0.6) is 0 Å². The third-order valence-electron chi connectivity index (χ3n) is 2.34. The molecule has 0 spiro atoms. The Morgan fingerprint density at radius 2 is 2.36 bits per heavy atom. The topological polar surface area (TPSA) is 46.1 Å². The van der Waals surface area contributed by atoms with Gasteiger partial charge in [-0.1, -0.05) is 0 Å². The molecule has 0 unspecified atom stereocenters. The summed E-state index contributed by atoms with van der Waals surface area (Å²) in [6.07, 6.45) is 2.92. The summed E-state index contributed by atoms with van der Waals surface area (Å²) in [5, 5.41) is 0. The van der Waals surface area contributed by atoms with E-state index < -0.39 is 0 Å². The molecule has 1 aromatic carbocycles. The van der Waals surface area contributed by atoms with E-state index in [4.69, 9.17) is 5.73 Å². The lowest BCUT2D eigenvalue weighted by molar-refractivity contribution is -0.419. The van der Waals surface area contributed by atoms with Crippen molar-refractivity contribution in [1.82, 2.24) is 0 Å². The molecule has 1 aliphatic heterocycles. The van der Waals surface area contributed by atoms with Gasteiger partial charge in [-0.3, -0.25) is 4.79 Å². The molecule has 2 rings (SSSR count). The number of benzene rings is 1. The number of nitrogens with two attached hydrogens (primary N) is 1. The number of nitrogens with zero attached hydrogens (tertiary/aromatic N) is 1. The number of nitrogen functional groups attached to an aromatic ring is 1. The molecule has 1 aromatic rings. The Kier molecular flexibility index (Phi) is 2.08. The lowest BCUT2D eigenvalue weighted by atomic mass is 10.1. The van der Waals surface area contributed by atoms with Crippen LogP contribution in [0.1, 0.15) is 12.5 Å². The van der Waals surface area contributed by atoms with Gasteiger partial charge in [-0.05, 0) is 12.1 Å². The van der Waals surface area contributed by atoms with Crippen molar-refractivity contribution < 1.29 is 9.37 Å². The van der Waals surface area contributed by atoms with E-state index >= 15 is 0 Å². The van der Waals surface area contributed by atoms with Crippen molar-refractivity contribution in [2.24, 2.45) is 0 Å². The molecular weight excluding hydrogens is 176 g/mol. The van der Waals surface area contributed by atoms with Gasteiger partial charge in [-0.25, -0.2) is 0 Å². The predicted molar refractivity (Wildman–Crippen MR) is 56.1 cm³/mol. The molecule has 1 aliphatic rings. The van der Waals surface area contributed by atoms with Gasteiger partial charge in [0.05, 0.1) is 6.42 Å². The van der Waals surface area contributed by atoms with Crippen LogP contribution in [0.4, 0.5) is 11.4 Å². The molecule has 0 radical (unpaired) electrons. The van der Waals surface area contributed by atoms with E-state index in [9.17, 15) is 4.79 Å². The van der Waals surface area contributed by atoms with Crippen LogP contribution >= 0.6 is 0 Å². The number of carbonyl (C=O) groups excluding carboxylic acids is 1. The van der Waals surface area contributed by atoms with E-state index in [1.54, 1.807) is 6.92 Å². The fourth-order valence-electron chi connectivity index (χ4n) is 1.72. The number of anilines is 1. The number of carbonyl (C=O) groups is 1. The van der Waals surface area contributed by atoms with Crippen LogP contribution in [-0.2, 0) is 11.2 Å². The van der Waals surface area contributed by atoms with E-state index in [-0.39, 0.29) is 5.78 Å². The molecule has 0 atom stereocenters. The average Bonchev–Trinajstić information content (AvgIpc) is 2.47. The van der Waals surface area contributed by atoms with Crippen molar-refractivity contribution >= 4 is 23.4 Å². The first-order valence-electron chi connectivity index (χ1n) is 4.64.